The maximum atomic E-state index is 13.4. The maximum Gasteiger partial charge on any atom is 0.268 e. The van der Waals surface area contributed by atoms with Crippen molar-refractivity contribution in [1.82, 2.24) is 20.4 Å². The summed E-state index contributed by atoms with van der Waals surface area (Å²) in [5.41, 5.74) is 4.70. The fourth-order valence-electron chi connectivity index (χ4n) is 3.99. The van der Waals surface area contributed by atoms with Gasteiger partial charge >= 0.3 is 0 Å². The summed E-state index contributed by atoms with van der Waals surface area (Å²) >= 11 is 0. The highest BCUT2D eigenvalue weighted by molar-refractivity contribution is 6.05. The summed E-state index contributed by atoms with van der Waals surface area (Å²) in [6.45, 7) is 0.325. The molecular formula is C32H26N4O2. The summed E-state index contributed by atoms with van der Waals surface area (Å²) in [5, 5.41) is 10.6. The van der Waals surface area contributed by atoms with Gasteiger partial charge in [-0.3, -0.25) is 9.59 Å². The van der Waals surface area contributed by atoms with E-state index < -0.39 is 5.91 Å². The Hall–Kier alpha value is -5.23. The molecule has 5 rings (SSSR count). The van der Waals surface area contributed by atoms with Crippen LogP contribution in [0.1, 0.15) is 21.6 Å². The summed E-state index contributed by atoms with van der Waals surface area (Å²) in [6.07, 6.45) is 1.66. The molecule has 5 aromatic rings. The lowest BCUT2D eigenvalue weighted by molar-refractivity contribution is -0.117. The van der Waals surface area contributed by atoms with Gasteiger partial charge in [0.2, 0.25) is 0 Å². The van der Waals surface area contributed by atoms with E-state index in [1.165, 1.54) is 0 Å². The summed E-state index contributed by atoms with van der Waals surface area (Å²) in [4.78, 5) is 26.4. The number of hydrogen-bond donors (Lipinski definition) is 2. The predicted octanol–water partition coefficient (Wildman–Crippen LogP) is 5.63. The third kappa shape index (κ3) is 5.94. The molecule has 186 valence electrons. The molecule has 1 aromatic heterocycles. The van der Waals surface area contributed by atoms with Gasteiger partial charge in [-0.05, 0) is 42.0 Å². The van der Waals surface area contributed by atoms with Gasteiger partial charge in [0, 0.05) is 17.7 Å². The van der Waals surface area contributed by atoms with E-state index in [4.69, 9.17) is 5.10 Å². The van der Waals surface area contributed by atoms with E-state index >= 15 is 0 Å². The molecule has 0 atom stereocenters. The Bertz CT molecular complexity index is 1540. The second-order valence-corrected chi connectivity index (χ2v) is 8.61. The molecule has 6 nitrogen and oxygen atoms in total. The van der Waals surface area contributed by atoms with E-state index in [1.54, 1.807) is 35.0 Å². The largest absolute Gasteiger partial charge is 0.347 e. The van der Waals surface area contributed by atoms with Crippen LogP contribution in [0.3, 0.4) is 0 Å². The monoisotopic (exact) mass is 498 g/mol. The minimum Gasteiger partial charge on any atom is -0.347 e. The van der Waals surface area contributed by atoms with Crippen molar-refractivity contribution in [3.05, 3.63) is 150 Å². The molecule has 0 aliphatic carbocycles. The number of amides is 2. The lowest BCUT2D eigenvalue weighted by Gasteiger charge is -2.12. The van der Waals surface area contributed by atoms with Gasteiger partial charge in [0.15, 0.2) is 0 Å². The van der Waals surface area contributed by atoms with Crippen molar-refractivity contribution in [2.45, 2.75) is 6.54 Å². The molecule has 0 fully saturated rings. The summed E-state index contributed by atoms with van der Waals surface area (Å²) in [6, 6.07) is 39.8. The third-order valence-electron chi connectivity index (χ3n) is 5.92. The average molecular weight is 499 g/mol. The summed E-state index contributed by atoms with van der Waals surface area (Å²) < 4.78 is 1.77. The molecule has 0 aliphatic rings. The van der Waals surface area contributed by atoms with E-state index in [-0.39, 0.29) is 11.6 Å². The Morgan fingerprint density at radius 3 is 1.97 bits per heavy atom. The fraction of sp³-hybridized carbons (Fsp3) is 0.0312. The third-order valence-corrected chi connectivity index (χ3v) is 5.92. The van der Waals surface area contributed by atoms with Gasteiger partial charge in [0.1, 0.15) is 5.70 Å². The van der Waals surface area contributed by atoms with E-state index in [0.29, 0.717) is 17.8 Å². The highest BCUT2D eigenvalue weighted by Gasteiger charge is 2.17. The molecule has 0 spiro atoms. The Morgan fingerprint density at radius 2 is 1.32 bits per heavy atom. The van der Waals surface area contributed by atoms with Crippen molar-refractivity contribution < 1.29 is 9.59 Å². The van der Waals surface area contributed by atoms with Crippen LogP contribution in [0.5, 0.6) is 0 Å². The van der Waals surface area contributed by atoms with Crippen LogP contribution in [-0.2, 0) is 11.3 Å². The molecule has 0 saturated heterocycles. The average Bonchev–Trinajstić information content (AvgIpc) is 3.41. The topological polar surface area (TPSA) is 76.0 Å². The van der Waals surface area contributed by atoms with Gasteiger partial charge in [-0.25, -0.2) is 4.68 Å². The number of nitrogens with one attached hydrogen (secondary N) is 2. The zero-order chi connectivity index (χ0) is 26.2. The molecular weight excluding hydrogens is 472 g/mol. The molecule has 0 aliphatic heterocycles. The van der Waals surface area contributed by atoms with Gasteiger partial charge in [0.05, 0.1) is 17.1 Å². The molecule has 4 aromatic carbocycles. The van der Waals surface area contributed by atoms with E-state index in [0.717, 1.165) is 22.5 Å². The second kappa shape index (κ2) is 11.7. The molecule has 0 bridgehead atoms. The van der Waals surface area contributed by atoms with Crippen LogP contribution in [0.15, 0.2) is 133 Å². The van der Waals surface area contributed by atoms with Crippen LogP contribution in [-0.4, -0.2) is 21.6 Å². The first kappa shape index (κ1) is 24.5. The van der Waals surface area contributed by atoms with E-state index in [1.807, 2.05) is 103 Å². The van der Waals surface area contributed by atoms with Crippen LogP contribution >= 0.6 is 0 Å². The lowest BCUT2D eigenvalue weighted by Crippen LogP contribution is -2.34. The number of para-hydroxylation sites is 1. The zero-order valence-electron chi connectivity index (χ0n) is 20.6. The van der Waals surface area contributed by atoms with Crippen LogP contribution in [0.25, 0.3) is 23.0 Å². The van der Waals surface area contributed by atoms with Crippen molar-refractivity contribution >= 4 is 17.9 Å². The molecule has 2 N–H and O–H groups in total. The SMILES string of the molecule is O=C(NCc1ccccc1)/C(=C/c1cc(-c2ccccc2)nn1-c1ccccc1)NC(=O)c1ccccc1. The molecule has 0 saturated carbocycles. The highest BCUT2D eigenvalue weighted by Crippen LogP contribution is 2.23. The van der Waals surface area contributed by atoms with Gasteiger partial charge in [-0.1, -0.05) is 97.1 Å². The van der Waals surface area contributed by atoms with Crippen LogP contribution in [0.4, 0.5) is 0 Å². The minimum absolute atomic E-state index is 0.117. The Morgan fingerprint density at radius 1 is 0.737 bits per heavy atom. The molecule has 0 unspecified atom stereocenters. The Kier molecular flexibility index (Phi) is 7.51. The van der Waals surface area contributed by atoms with E-state index in [9.17, 15) is 9.59 Å². The van der Waals surface area contributed by atoms with Crippen LogP contribution in [0.2, 0.25) is 0 Å². The van der Waals surface area contributed by atoms with Crippen molar-refractivity contribution in [3.8, 4) is 16.9 Å². The van der Waals surface area contributed by atoms with Gasteiger partial charge < -0.3 is 10.6 Å². The number of carbonyl (C=O) groups is 2. The van der Waals surface area contributed by atoms with Crippen molar-refractivity contribution in [3.63, 3.8) is 0 Å². The molecule has 0 radical (unpaired) electrons. The predicted molar refractivity (Wildman–Crippen MR) is 149 cm³/mol. The molecule has 6 heteroatoms. The number of aromatic nitrogens is 2. The smallest absolute Gasteiger partial charge is 0.268 e. The normalized spacial score (nSPS) is 11.1. The zero-order valence-corrected chi connectivity index (χ0v) is 20.6. The maximum absolute atomic E-state index is 13.4. The van der Waals surface area contributed by atoms with Gasteiger partial charge in [-0.15, -0.1) is 0 Å². The van der Waals surface area contributed by atoms with Crippen molar-refractivity contribution in [1.29, 1.82) is 0 Å². The number of carbonyl (C=O) groups excluding carboxylic acids is 2. The van der Waals surface area contributed by atoms with Crippen LogP contribution < -0.4 is 10.6 Å². The number of hydrogen-bond acceptors (Lipinski definition) is 3. The number of benzene rings is 4. The first-order chi connectivity index (χ1) is 18.7. The van der Waals surface area contributed by atoms with Gasteiger partial charge in [0.25, 0.3) is 11.8 Å². The summed E-state index contributed by atoms with van der Waals surface area (Å²) in [5.74, 6) is -0.777. The highest BCUT2D eigenvalue weighted by atomic mass is 16.2. The van der Waals surface area contributed by atoms with Gasteiger partial charge in [-0.2, -0.15) is 5.10 Å². The Balaban J connectivity index is 1.54. The van der Waals surface area contributed by atoms with Crippen molar-refractivity contribution in [2.75, 3.05) is 0 Å². The molecule has 2 amide bonds. The number of rotatable bonds is 8. The fourth-order valence-corrected chi connectivity index (χ4v) is 3.99. The standard InChI is InChI=1S/C32H26N4O2/c37-31(26-17-9-3-10-18-26)34-30(32(38)33-23-24-13-5-1-6-14-24)22-28-21-29(25-15-7-2-8-16-25)35-36(28)27-19-11-4-12-20-27/h1-22H,23H2,(H,33,38)(H,34,37)/b30-22-. The van der Waals surface area contributed by atoms with E-state index in [2.05, 4.69) is 10.6 Å². The molecule has 38 heavy (non-hydrogen) atoms. The number of nitrogens with zero attached hydrogens (tertiary/aromatic N) is 2. The first-order valence-corrected chi connectivity index (χ1v) is 12.3. The second-order valence-electron chi connectivity index (χ2n) is 8.61. The summed E-state index contributed by atoms with van der Waals surface area (Å²) in [7, 11) is 0. The molecule has 1 heterocycles. The van der Waals surface area contributed by atoms with Crippen LogP contribution in [0, 0.1) is 0 Å². The Labute approximate surface area is 221 Å². The lowest BCUT2D eigenvalue weighted by atomic mass is 10.1. The van der Waals surface area contributed by atoms with Crippen molar-refractivity contribution in [2.24, 2.45) is 0 Å². The minimum atomic E-state index is -0.403. The first-order valence-electron chi connectivity index (χ1n) is 12.3. The quantitative estimate of drug-likeness (QED) is 0.273.